The van der Waals surface area contributed by atoms with E-state index < -0.39 is 5.60 Å². The van der Waals surface area contributed by atoms with Crippen LogP contribution in [0.15, 0.2) is 43.0 Å². The molecule has 0 bridgehead atoms. The lowest BCUT2D eigenvalue weighted by Gasteiger charge is -2.26. The fourth-order valence-corrected chi connectivity index (χ4v) is 1.42. The average Bonchev–Trinajstić information content (AvgIpc) is 2.29. The molecular weight excluding hydrogens is 202 g/mol. The number of hydrogen-bond donors (Lipinski definition) is 1. The first kappa shape index (κ1) is 12.5. The molecule has 0 saturated heterocycles. The molecule has 3 heteroatoms. The lowest BCUT2D eigenvalue weighted by molar-refractivity contribution is -0.121. The second-order valence-electron chi connectivity index (χ2n) is 4.06. The number of nitrogens with zero attached hydrogens (tertiary/aromatic N) is 1. The van der Waals surface area contributed by atoms with E-state index in [0.29, 0.717) is 6.54 Å². The average molecular weight is 219 g/mol. The summed E-state index contributed by atoms with van der Waals surface area (Å²) in [4.78, 5) is 12.4. The van der Waals surface area contributed by atoms with Gasteiger partial charge in [-0.15, -0.1) is 6.58 Å². The lowest BCUT2D eigenvalue weighted by atomic mass is 10.1. The van der Waals surface area contributed by atoms with E-state index in [0.717, 1.165) is 12.0 Å². The summed E-state index contributed by atoms with van der Waals surface area (Å²) in [5, 5.41) is 9.78. The molecule has 1 rings (SSSR count). The van der Waals surface area contributed by atoms with Gasteiger partial charge in [0.25, 0.3) is 0 Å². The van der Waals surface area contributed by atoms with Crippen LogP contribution in [0.2, 0.25) is 0 Å². The van der Waals surface area contributed by atoms with Crippen LogP contribution in [-0.2, 0) is 11.3 Å². The third-order valence-corrected chi connectivity index (χ3v) is 2.34. The molecule has 0 aliphatic rings. The molecule has 0 fully saturated rings. The molecule has 1 unspecified atom stereocenters. The highest BCUT2D eigenvalue weighted by molar-refractivity contribution is 5.47. The van der Waals surface area contributed by atoms with Gasteiger partial charge >= 0.3 is 0 Å². The summed E-state index contributed by atoms with van der Waals surface area (Å²) >= 11 is 0. The Morgan fingerprint density at radius 2 is 2.06 bits per heavy atom. The second-order valence-corrected chi connectivity index (χ2v) is 4.06. The predicted octanol–water partition coefficient (Wildman–Crippen LogP) is 1.58. The fourth-order valence-electron chi connectivity index (χ4n) is 1.42. The molecule has 3 nitrogen and oxygen atoms in total. The third-order valence-electron chi connectivity index (χ3n) is 2.34. The van der Waals surface area contributed by atoms with E-state index in [1.54, 1.807) is 6.92 Å². The van der Waals surface area contributed by atoms with Crippen molar-refractivity contribution in [2.24, 2.45) is 0 Å². The first-order valence-corrected chi connectivity index (χ1v) is 5.16. The van der Waals surface area contributed by atoms with E-state index in [4.69, 9.17) is 0 Å². The third kappa shape index (κ3) is 3.87. The molecule has 1 amide bonds. The summed E-state index contributed by atoms with van der Waals surface area (Å²) in [6, 6.07) is 9.65. The molecule has 0 saturated carbocycles. The van der Waals surface area contributed by atoms with Crippen LogP contribution in [0, 0.1) is 0 Å². The summed E-state index contributed by atoms with van der Waals surface area (Å²) in [6.45, 7) is 5.90. The number of hydrogen-bond acceptors (Lipinski definition) is 2. The van der Waals surface area contributed by atoms with E-state index in [1.807, 2.05) is 30.3 Å². The van der Waals surface area contributed by atoms with E-state index in [1.165, 1.54) is 11.0 Å². The van der Waals surface area contributed by atoms with E-state index >= 15 is 0 Å². The molecule has 16 heavy (non-hydrogen) atoms. The summed E-state index contributed by atoms with van der Waals surface area (Å²) in [6.07, 6.45) is 2.18. The lowest BCUT2D eigenvalue weighted by Crippen LogP contribution is -2.38. The van der Waals surface area contributed by atoms with Crippen molar-refractivity contribution in [3.05, 3.63) is 48.6 Å². The van der Waals surface area contributed by atoms with E-state index in [2.05, 4.69) is 6.58 Å². The normalized spacial score (nSPS) is 13.9. The Balaban J connectivity index is 2.63. The smallest absolute Gasteiger partial charge is 0.210 e. The summed E-state index contributed by atoms with van der Waals surface area (Å²) in [7, 11) is 0. The van der Waals surface area contributed by atoms with Gasteiger partial charge in [-0.05, 0) is 12.5 Å². The van der Waals surface area contributed by atoms with E-state index in [-0.39, 0.29) is 6.54 Å². The summed E-state index contributed by atoms with van der Waals surface area (Å²) in [5.74, 6) is 0. The highest BCUT2D eigenvalue weighted by atomic mass is 16.3. The Bertz CT molecular complexity index is 346. The van der Waals surface area contributed by atoms with Gasteiger partial charge in [-0.2, -0.15) is 0 Å². The van der Waals surface area contributed by atoms with Crippen molar-refractivity contribution in [3.63, 3.8) is 0 Å². The Labute approximate surface area is 96.0 Å². The quantitative estimate of drug-likeness (QED) is 0.583. The minimum atomic E-state index is -1.05. The van der Waals surface area contributed by atoms with Crippen LogP contribution in [-0.4, -0.2) is 28.6 Å². The zero-order valence-corrected chi connectivity index (χ0v) is 9.47. The number of carbonyl (C=O) groups excluding carboxylic acids is 1. The van der Waals surface area contributed by atoms with Crippen molar-refractivity contribution in [2.45, 2.75) is 19.1 Å². The monoisotopic (exact) mass is 219 g/mol. The molecule has 0 heterocycles. The van der Waals surface area contributed by atoms with Gasteiger partial charge in [0.2, 0.25) is 6.41 Å². The van der Waals surface area contributed by atoms with Crippen molar-refractivity contribution in [3.8, 4) is 0 Å². The maximum atomic E-state index is 10.9. The molecule has 0 aliphatic carbocycles. The van der Waals surface area contributed by atoms with Gasteiger partial charge in [0.1, 0.15) is 0 Å². The highest BCUT2D eigenvalue weighted by Gasteiger charge is 2.19. The van der Waals surface area contributed by atoms with Crippen LogP contribution in [0.1, 0.15) is 12.5 Å². The number of aliphatic hydroxyl groups is 1. The summed E-state index contributed by atoms with van der Waals surface area (Å²) < 4.78 is 0. The number of benzene rings is 1. The largest absolute Gasteiger partial charge is 0.384 e. The van der Waals surface area contributed by atoms with Gasteiger partial charge < -0.3 is 10.0 Å². The Morgan fingerprint density at radius 1 is 1.44 bits per heavy atom. The number of rotatable bonds is 6. The molecule has 86 valence electrons. The molecule has 1 aromatic rings. The van der Waals surface area contributed by atoms with Crippen molar-refractivity contribution < 1.29 is 9.90 Å². The van der Waals surface area contributed by atoms with Crippen molar-refractivity contribution in [1.82, 2.24) is 4.90 Å². The molecular formula is C13H17NO2. The SMILES string of the molecule is C=CC(C)(O)CN(C=O)Cc1ccccc1. The van der Waals surface area contributed by atoms with E-state index in [9.17, 15) is 9.90 Å². The molecule has 0 spiro atoms. The summed E-state index contributed by atoms with van der Waals surface area (Å²) in [5.41, 5.74) is -0.00940. The Kier molecular flexibility index (Phi) is 4.26. The van der Waals surface area contributed by atoms with Gasteiger partial charge in [-0.25, -0.2) is 0 Å². The zero-order valence-electron chi connectivity index (χ0n) is 9.47. The molecule has 1 N–H and O–H groups in total. The van der Waals surface area contributed by atoms with Gasteiger partial charge in [-0.3, -0.25) is 4.79 Å². The maximum Gasteiger partial charge on any atom is 0.210 e. The minimum Gasteiger partial charge on any atom is -0.384 e. The first-order chi connectivity index (χ1) is 7.57. The zero-order chi connectivity index (χ0) is 12.0. The van der Waals surface area contributed by atoms with Crippen molar-refractivity contribution in [1.29, 1.82) is 0 Å². The van der Waals surface area contributed by atoms with Crippen molar-refractivity contribution in [2.75, 3.05) is 6.54 Å². The van der Waals surface area contributed by atoms with Gasteiger partial charge in [0, 0.05) is 6.54 Å². The van der Waals surface area contributed by atoms with Crippen molar-refractivity contribution >= 4 is 6.41 Å². The highest BCUT2D eigenvalue weighted by Crippen LogP contribution is 2.09. The van der Waals surface area contributed by atoms with Crippen LogP contribution in [0.25, 0.3) is 0 Å². The van der Waals surface area contributed by atoms with Crippen LogP contribution in [0.5, 0.6) is 0 Å². The fraction of sp³-hybridized carbons (Fsp3) is 0.308. The van der Waals surface area contributed by atoms with Gasteiger partial charge in [0.05, 0.1) is 12.1 Å². The second kappa shape index (κ2) is 5.47. The molecule has 0 aromatic heterocycles. The van der Waals surface area contributed by atoms with Crippen LogP contribution in [0.4, 0.5) is 0 Å². The van der Waals surface area contributed by atoms with Gasteiger partial charge in [0.15, 0.2) is 0 Å². The molecule has 1 atom stereocenters. The molecule has 0 radical (unpaired) electrons. The van der Waals surface area contributed by atoms with Gasteiger partial charge in [-0.1, -0.05) is 36.4 Å². The first-order valence-electron chi connectivity index (χ1n) is 5.16. The Hall–Kier alpha value is -1.61. The molecule has 1 aromatic carbocycles. The van der Waals surface area contributed by atoms with Crippen LogP contribution in [0.3, 0.4) is 0 Å². The topological polar surface area (TPSA) is 40.5 Å². The maximum absolute atomic E-state index is 10.9. The predicted molar refractivity (Wildman–Crippen MR) is 63.7 cm³/mol. The number of carbonyl (C=O) groups is 1. The molecule has 0 aliphatic heterocycles. The number of amides is 1. The van der Waals surface area contributed by atoms with Crippen LogP contribution < -0.4 is 0 Å². The Morgan fingerprint density at radius 3 is 2.56 bits per heavy atom. The standard InChI is InChI=1S/C13H17NO2/c1-3-13(2,16)10-14(11-15)9-12-7-5-4-6-8-12/h3-8,11,16H,1,9-10H2,2H3. The van der Waals surface area contributed by atoms with Crippen LogP contribution >= 0.6 is 0 Å². The minimum absolute atomic E-state index is 0.245.